The van der Waals surface area contributed by atoms with Gasteiger partial charge in [0.05, 0.1) is 12.8 Å². The van der Waals surface area contributed by atoms with E-state index in [1.165, 1.54) is 6.07 Å². The Morgan fingerprint density at radius 3 is 2.63 bits per heavy atom. The lowest BCUT2D eigenvalue weighted by atomic mass is 10.0. The van der Waals surface area contributed by atoms with Crippen molar-refractivity contribution < 1.29 is 18.4 Å². The second-order valence-electron chi connectivity index (χ2n) is 6.84. The first kappa shape index (κ1) is 18.9. The highest BCUT2D eigenvalue weighted by molar-refractivity contribution is 5.89. The Kier molecular flexibility index (Phi) is 5.78. The van der Waals surface area contributed by atoms with Crippen molar-refractivity contribution in [2.45, 2.75) is 39.3 Å². The van der Waals surface area contributed by atoms with E-state index in [4.69, 9.17) is 4.42 Å². The van der Waals surface area contributed by atoms with Crippen molar-refractivity contribution in [2.24, 2.45) is 0 Å². The lowest BCUT2D eigenvalue weighted by Gasteiger charge is -2.38. The molecule has 0 saturated carbocycles. The van der Waals surface area contributed by atoms with Gasteiger partial charge in [-0.15, -0.1) is 0 Å². The van der Waals surface area contributed by atoms with E-state index in [0.717, 1.165) is 0 Å². The summed E-state index contributed by atoms with van der Waals surface area (Å²) in [4.78, 5) is 28.0. The number of rotatable bonds is 4. The Hall–Kier alpha value is -2.83. The van der Waals surface area contributed by atoms with Crippen molar-refractivity contribution in [1.29, 1.82) is 0 Å². The molecule has 1 aliphatic heterocycles. The van der Waals surface area contributed by atoms with Crippen molar-refractivity contribution in [3.8, 4) is 0 Å². The number of aryl methyl sites for hydroxylation is 1. The Morgan fingerprint density at radius 2 is 2.04 bits per heavy atom. The summed E-state index contributed by atoms with van der Waals surface area (Å²) in [5.74, 6) is 0.361. The fourth-order valence-electron chi connectivity index (χ4n) is 3.30. The number of amides is 3. The number of anilines is 1. The van der Waals surface area contributed by atoms with Crippen molar-refractivity contribution in [2.75, 3.05) is 18.4 Å². The van der Waals surface area contributed by atoms with Crippen molar-refractivity contribution in [3.05, 3.63) is 53.7 Å². The molecule has 0 radical (unpaired) electrons. The number of nitrogens with one attached hydrogen (secondary N) is 1. The third kappa shape index (κ3) is 4.67. The number of hydrogen-bond acceptors (Lipinski definition) is 3. The molecule has 3 amide bonds. The van der Waals surface area contributed by atoms with Gasteiger partial charge in [0.15, 0.2) is 0 Å². The van der Waals surface area contributed by atoms with Gasteiger partial charge in [-0.3, -0.25) is 4.79 Å². The smallest absolute Gasteiger partial charge is 0.322 e. The molecular formula is C20H24FN3O3. The minimum atomic E-state index is -0.361. The molecule has 0 unspecified atom stereocenters. The molecule has 0 spiro atoms. The van der Waals surface area contributed by atoms with Crippen LogP contribution in [0.3, 0.4) is 0 Å². The van der Waals surface area contributed by atoms with Gasteiger partial charge in [0.25, 0.3) is 0 Å². The van der Waals surface area contributed by atoms with E-state index < -0.39 is 0 Å². The molecule has 6 nitrogen and oxygen atoms in total. The molecule has 1 saturated heterocycles. The molecule has 1 aromatic carbocycles. The van der Waals surface area contributed by atoms with Crippen LogP contribution in [0.5, 0.6) is 0 Å². The third-order valence-electron chi connectivity index (χ3n) is 4.94. The summed E-state index contributed by atoms with van der Waals surface area (Å²) in [6.45, 7) is 4.77. The van der Waals surface area contributed by atoms with Gasteiger partial charge < -0.3 is 19.5 Å². The molecule has 2 aromatic rings. The first-order valence-corrected chi connectivity index (χ1v) is 9.05. The van der Waals surface area contributed by atoms with Crippen molar-refractivity contribution in [1.82, 2.24) is 9.80 Å². The van der Waals surface area contributed by atoms with E-state index in [2.05, 4.69) is 5.32 Å². The Morgan fingerprint density at radius 1 is 1.30 bits per heavy atom. The number of likely N-dealkylation sites (tertiary alicyclic amines) is 1. The Bertz CT molecular complexity index is 799. The van der Waals surface area contributed by atoms with Gasteiger partial charge in [0.1, 0.15) is 11.6 Å². The van der Waals surface area contributed by atoms with E-state index in [1.807, 2.05) is 6.07 Å². The lowest BCUT2D eigenvalue weighted by molar-refractivity contribution is -0.130. The van der Waals surface area contributed by atoms with Crippen LogP contribution in [0.15, 0.2) is 41.0 Å². The first-order valence-electron chi connectivity index (χ1n) is 9.05. The van der Waals surface area contributed by atoms with Crippen LogP contribution in [0.4, 0.5) is 14.9 Å². The van der Waals surface area contributed by atoms with Gasteiger partial charge in [-0.2, -0.15) is 0 Å². The van der Waals surface area contributed by atoms with E-state index in [-0.39, 0.29) is 23.8 Å². The molecule has 7 heteroatoms. The van der Waals surface area contributed by atoms with Crippen LogP contribution in [-0.2, 0) is 11.3 Å². The molecule has 2 heterocycles. The molecule has 27 heavy (non-hydrogen) atoms. The topological polar surface area (TPSA) is 65.8 Å². The Balaban J connectivity index is 1.73. The molecule has 0 aliphatic carbocycles. The highest BCUT2D eigenvalue weighted by atomic mass is 19.1. The number of hydrogen-bond donors (Lipinski definition) is 1. The molecule has 1 N–H and O–H groups in total. The number of urea groups is 1. The highest BCUT2D eigenvalue weighted by Crippen LogP contribution is 2.22. The molecule has 1 aromatic heterocycles. The van der Waals surface area contributed by atoms with E-state index in [1.54, 1.807) is 48.1 Å². The maximum Gasteiger partial charge on any atom is 0.322 e. The average molecular weight is 373 g/mol. The summed E-state index contributed by atoms with van der Waals surface area (Å²) in [7, 11) is 0. The number of furan rings is 1. The minimum absolute atomic E-state index is 0.0269. The fraction of sp³-hybridized carbons (Fsp3) is 0.400. The first-order chi connectivity index (χ1) is 12.9. The van der Waals surface area contributed by atoms with Crippen LogP contribution >= 0.6 is 0 Å². The second kappa shape index (κ2) is 8.24. The number of halogens is 1. The Labute approximate surface area is 157 Å². The zero-order valence-corrected chi connectivity index (χ0v) is 15.6. The predicted octanol–water partition coefficient (Wildman–Crippen LogP) is 3.77. The van der Waals surface area contributed by atoms with Gasteiger partial charge in [-0.05, 0) is 49.6 Å². The highest BCUT2D eigenvalue weighted by Gasteiger charge is 2.29. The van der Waals surface area contributed by atoms with Gasteiger partial charge in [-0.1, -0.05) is 6.07 Å². The van der Waals surface area contributed by atoms with Crippen LogP contribution < -0.4 is 5.32 Å². The second-order valence-corrected chi connectivity index (χ2v) is 6.84. The minimum Gasteiger partial charge on any atom is -0.467 e. The van der Waals surface area contributed by atoms with Gasteiger partial charge in [0, 0.05) is 31.7 Å². The standard InChI is InChI=1S/C20H24FN3O3/c1-14-5-6-16(12-19(14)21)22-20(26)24(13-18-4-3-11-27-18)17-7-9-23(10-8-17)15(2)25/h3-6,11-12,17H,7-10,13H2,1-2H3,(H,22,26). The van der Waals surface area contributed by atoms with Crippen LogP contribution in [0.25, 0.3) is 0 Å². The summed E-state index contributed by atoms with van der Waals surface area (Å²) in [5, 5.41) is 2.78. The summed E-state index contributed by atoms with van der Waals surface area (Å²) in [6.07, 6.45) is 2.95. The zero-order valence-electron chi connectivity index (χ0n) is 15.6. The van der Waals surface area contributed by atoms with Gasteiger partial charge in [0.2, 0.25) is 5.91 Å². The monoisotopic (exact) mass is 373 g/mol. The number of nitrogens with zero attached hydrogens (tertiary/aromatic N) is 2. The van der Waals surface area contributed by atoms with Crippen LogP contribution in [0.2, 0.25) is 0 Å². The van der Waals surface area contributed by atoms with E-state index in [9.17, 15) is 14.0 Å². The van der Waals surface area contributed by atoms with Crippen LogP contribution in [0, 0.1) is 12.7 Å². The number of benzene rings is 1. The fourth-order valence-corrected chi connectivity index (χ4v) is 3.30. The number of carbonyl (C=O) groups is 2. The van der Waals surface area contributed by atoms with Crippen molar-refractivity contribution in [3.63, 3.8) is 0 Å². The predicted molar refractivity (Wildman–Crippen MR) is 99.7 cm³/mol. The average Bonchev–Trinajstić information content (AvgIpc) is 3.16. The van der Waals surface area contributed by atoms with Gasteiger partial charge in [-0.25, -0.2) is 9.18 Å². The number of piperidine rings is 1. The van der Waals surface area contributed by atoms with Crippen LogP contribution in [-0.4, -0.2) is 40.9 Å². The maximum absolute atomic E-state index is 13.8. The van der Waals surface area contributed by atoms with Crippen LogP contribution in [0.1, 0.15) is 31.1 Å². The maximum atomic E-state index is 13.8. The summed E-state index contributed by atoms with van der Waals surface area (Å²) in [5.41, 5.74) is 0.936. The quantitative estimate of drug-likeness (QED) is 0.887. The van der Waals surface area contributed by atoms with E-state index >= 15 is 0 Å². The molecule has 0 atom stereocenters. The zero-order chi connectivity index (χ0) is 19.4. The van der Waals surface area contributed by atoms with Crippen molar-refractivity contribution >= 4 is 17.6 Å². The largest absolute Gasteiger partial charge is 0.467 e. The molecule has 1 fully saturated rings. The third-order valence-corrected chi connectivity index (χ3v) is 4.94. The van der Waals surface area contributed by atoms with Gasteiger partial charge >= 0.3 is 6.03 Å². The molecular weight excluding hydrogens is 349 g/mol. The normalized spacial score (nSPS) is 14.9. The number of carbonyl (C=O) groups excluding carboxylic acids is 2. The molecule has 144 valence electrons. The molecule has 0 bridgehead atoms. The summed E-state index contributed by atoms with van der Waals surface area (Å²) < 4.78 is 19.2. The summed E-state index contributed by atoms with van der Waals surface area (Å²) >= 11 is 0. The molecule has 1 aliphatic rings. The summed E-state index contributed by atoms with van der Waals surface area (Å²) in [6, 6.07) is 7.89. The molecule has 3 rings (SSSR count). The van der Waals surface area contributed by atoms with E-state index in [0.29, 0.717) is 49.5 Å². The lowest BCUT2D eigenvalue weighted by Crippen LogP contribution is -2.49. The SMILES string of the molecule is CC(=O)N1CCC(N(Cc2ccco2)C(=O)Nc2ccc(C)c(F)c2)CC1.